The molecule has 6 rings (SSSR count). The van der Waals surface area contributed by atoms with Crippen molar-refractivity contribution < 1.29 is 9.59 Å². The monoisotopic (exact) mass is 492 g/mol. The molecule has 3 heteroatoms. The number of Topliss-reactive ketones (excluding diaryl/α,β-unsaturated/α-hetero) is 1. The highest BCUT2D eigenvalue weighted by Gasteiger charge is 2.59. The Hall–Kier alpha value is -1.48. The highest BCUT2D eigenvalue weighted by Crippen LogP contribution is 2.65. The second-order valence-corrected chi connectivity index (χ2v) is 12.4. The maximum Gasteiger partial charge on any atom is 0.163 e. The molecule has 32 heavy (non-hydrogen) atoms. The molecule has 0 bridgehead atoms. The predicted molar refractivity (Wildman–Crippen MR) is 130 cm³/mol. The van der Waals surface area contributed by atoms with Gasteiger partial charge in [0.1, 0.15) is 5.78 Å². The number of carbonyl (C=O) groups excluding carboxylic acids is 2. The molecule has 0 N–H and O–H groups in total. The van der Waals surface area contributed by atoms with E-state index in [-0.39, 0.29) is 23.0 Å². The molecule has 0 aromatic heterocycles. The summed E-state index contributed by atoms with van der Waals surface area (Å²) in [5.41, 5.74) is 5.76. The van der Waals surface area contributed by atoms with E-state index in [0.29, 0.717) is 29.5 Å². The molecule has 0 saturated heterocycles. The van der Waals surface area contributed by atoms with Gasteiger partial charge in [-0.05, 0) is 109 Å². The maximum absolute atomic E-state index is 13.3. The van der Waals surface area contributed by atoms with E-state index < -0.39 is 0 Å². The Kier molecular flexibility index (Phi) is 4.95. The maximum atomic E-state index is 13.3. The predicted octanol–water partition coefficient (Wildman–Crippen LogP) is 7.19. The van der Waals surface area contributed by atoms with Crippen LogP contribution in [0.3, 0.4) is 0 Å². The van der Waals surface area contributed by atoms with Crippen LogP contribution in [0.2, 0.25) is 0 Å². The van der Waals surface area contributed by atoms with Crippen molar-refractivity contribution in [1.29, 1.82) is 0 Å². The van der Waals surface area contributed by atoms with Gasteiger partial charge in [-0.15, -0.1) is 0 Å². The van der Waals surface area contributed by atoms with E-state index in [1.54, 1.807) is 5.57 Å². The minimum absolute atomic E-state index is 0.0481. The Morgan fingerprint density at radius 2 is 1.84 bits per heavy atom. The van der Waals surface area contributed by atoms with Crippen molar-refractivity contribution in [3.8, 4) is 0 Å². The number of carbonyl (C=O) groups is 2. The Balaban J connectivity index is 1.34. The fourth-order valence-corrected chi connectivity index (χ4v) is 8.37. The zero-order valence-electron chi connectivity index (χ0n) is 19.2. The van der Waals surface area contributed by atoms with Crippen molar-refractivity contribution in [2.45, 2.75) is 71.1 Å². The molecule has 1 aromatic rings. The van der Waals surface area contributed by atoms with Crippen molar-refractivity contribution in [2.75, 3.05) is 0 Å². The summed E-state index contributed by atoms with van der Waals surface area (Å²) >= 11 is 3.52. The van der Waals surface area contributed by atoms with Gasteiger partial charge >= 0.3 is 0 Å². The van der Waals surface area contributed by atoms with E-state index in [4.69, 9.17) is 0 Å². The van der Waals surface area contributed by atoms with E-state index in [1.807, 2.05) is 18.2 Å². The van der Waals surface area contributed by atoms with E-state index in [0.717, 1.165) is 55.0 Å². The van der Waals surface area contributed by atoms with Gasteiger partial charge in [0.25, 0.3) is 0 Å². The molecule has 0 radical (unpaired) electrons. The van der Waals surface area contributed by atoms with Crippen LogP contribution >= 0.6 is 15.9 Å². The number of allylic oxidation sites excluding steroid dienone is 4. The van der Waals surface area contributed by atoms with Crippen LogP contribution in [0.15, 0.2) is 51.5 Å². The first-order valence-electron chi connectivity index (χ1n) is 12.6. The summed E-state index contributed by atoms with van der Waals surface area (Å²) in [5.74, 6) is 3.22. The first-order chi connectivity index (χ1) is 15.4. The first kappa shape index (κ1) is 21.1. The lowest BCUT2D eigenvalue weighted by Crippen LogP contribution is -2.43. The van der Waals surface area contributed by atoms with Crippen LogP contribution in [0.5, 0.6) is 0 Å². The summed E-state index contributed by atoms with van der Waals surface area (Å²) < 4.78 is 1.05. The quantitative estimate of drug-likeness (QED) is 0.447. The van der Waals surface area contributed by atoms with Crippen LogP contribution in [0.1, 0.15) is 76.7 Å². The first-order valence-corrected chi connectivity index (χ1v) is 13.4. The summed E-state index contributed by atoms with van der Waals surface area (Å²) in [4.78, 5) is 26.3. The normalized spacial score (nSPS) is 38.7. The third-order valence-corrected chi connectivity index (χ3v) is 10.3. The average molecular weight is 493 g/mol. The third-order valence-electron chi connectivity index (χ3n) is 9.75. The number of hydrogen-bond acceptors (Lipinski definition) is 2. The lowest BCUT2D eigenvalue weighted by molar-refractivity contribution is -0.130. The topological polar surface area (TPSA) is 34.1 Å². The van der Waals surface area contributed by atoms with Crippen molar-refractivity contribution >= 4 is 27.5 Å². The van der Waals surface area contributed by atoms with Gasteiger partial charge in [0.05, 0.1) is 5.92 Å². The van der Waals surface area contributed by atoms with Gasteiger partial charge in [-0.3, -0.25) is 9.59 Å². The molecule has 0 amide bonds. The van der Waals surface area contributed by atoms with Crippen LogP contribution < -0.4 is 0 Å². The second-order valence-electron chi connectivity index (χ2n) is 11.5. The molecular formula is C29H33BrO2. The smallest absolute Gasteiger partial charge is 0.163 e. The molecule has 168 valence electrons. The molecule has 3 saturated carbocycles. The Labute approximate surface area is 200 Å². The number of rotatable bonds is 3. The standard InChI is InChI=1S/C29H33BrO2/c1-16-13-25-22-10-7-19-14-26(31)24(17-5-8-20(30)9-6-17)15-23(19)21(22)11-12-29(25,2)27(16)28(32)18-3-4-18/h5-6,8-9,14,16,18,22,24-25,27H,3-4,7,10-13,15H2,1-2H3/t16?,22-,24?,25+,27?,29+/m1/s1. The molecule has 3 unspecified atom stereocenters. The minimum atomic E-state index is -0.0481. The Morgan fingerprint density at radius 3 is 2.56 bits per heavy atom. The van der Waals surface area contributed by atoms with Crippen LogP contribution in [0, 0.1) is 35.0 Å². The van der Waals surface area contributed by atoms with Crippen LogP contribution in [0.4, 0.5) is 0 Å². The lowest BCUT2D eigenvalue weighted by atomic mass is 9.55. The Morgan fingerprint density at radius 1 is 1.09 bits per heavy atom. The molecule has 0 spiro atoms. The number of fused-ring (bicyclic) bond motifs is 4. The molecular weight excluding hydrogens is 460 g/mol. The molecule has 6 atom stereocenters. The van der Waals surface area contributed by atoms with Gasteiger partial charge in [-0.25, -0.2) is 0 Å². The highest BCUT2D eigenvalue weighted by atomic mass is 79.9. The van der Waals surface area contributed by atoms with Gasteiger partial charge in [-0.2, -0.15) is 0 Å². The molecule has 0 heterocycles. The molecule has 3 fully saturated rings. The summed E-state index contributed by atoms with van der Waals surface area (Å²) in [6, 6.07) is 8.29. The van der Waals surface area contributed by atoms with E-state index >= 15 is 0 Å². The molecule has 1 aromatic carbocycles. The van der Waals surface area contributed by atoms with Gasteiger partial charge in [0, 0.05) is 16.3 Å². The highest BCUT2D eigenvalue weighted by molar-refractivity contribution is 9.10. The van der Waals surface area contributed by atoms with Crippen LogP contribution in [-0.4, -0.2) is 11.6 Å². The van der Waals surface area contributed by atoms with Crippen LogP contribution in [0.25, 0.3) is 0 Å². The summed E-state index contributed by atoms with van der Waals surface area (Å²) in [6.45, 7) is 4.80. The van der Waals surface area contributed by atoms with Crippen molar-refractivity contribution in [1.82, 2.24) is 0 Å². The molecule has 2 nitrogen and oxygen atoms in total. The summed E-state index contributed by atoms with van der Waals surface area (Å²) in [6.07, 6.45) is 10.7. The van der Waals surface area contributed by atoms with E-state index in [2.05, 4.69) is 41.9 Å². The summed E-state index contributed by atoms with van der Waals surface area (Å²) in [5, 5.41) is 0. The molecule has 0 aliphatic heterocycles. The largest absolute Gasteiger partial charge is 0.299 e. The van der Waals surface area contributed by atoms with Crippen LogP contribution in [-0.2, 0) is 9.59 Å². The number of hydrogen-bond donors (Lipinski definition) is 0. The molecule has 5 aliphatic rings. The van der Waals surface area contributed by atoms with E-state index in [9.17, 15) is 9.59 Å². The van der Waals surface area contributed by atoms with Gasteiger partial charge in [0.2, 0.25) is 0 Å². The third kappa shape index (κ3) is 3.17. The zero-order chi connectivity index (χ0) is 22.2. The zero-order valence-corrected chi connectivity index (χ0v) is 20.8. The minimum Gasteiger partial charge on any atom is -0.299 e. The van der Waals surface area contributed by atoms with Crippen molar-refractivity contribution in [2.24, 2.45) is 35.0 Å². The van der Waals surface area contributed by atoms with Gasteiger partial charge < -0.3 is 0 Å². The SMILES string of the molecule is CC1C[C@H]2[C@@H]3CCC4=CC(=O)C(c5ccc(Br)cc5)CC4=C3CC[C@]2(C)C1C(=O)C1CC1. The number of benzene rings is 1. The van der Waals surface area contributed by atoms with Gasteiger partial charge in [0.15, 0.2) is 5.78 Å². The Bertz CT molecular complexity index is 1040. The number of halogens is 1. The van der Waals surface area contributed by atoms with Gasteiger partial charge in [-0.1, -0.05) is 47.5 Å². The van der Waals surface area contributed by atoms with Crippen molar-refractivity contribution in [3.05, 3.63) is 57.1 Å². The average Bonchev–Trinajstić information content (AvgIpc) is 3.57. The second kappa shape index (κ2) is 7.52. The fourth-order valence-electron chi connectivity index (χ4n) is 8.10. The molecule has 5 aliphatic carbocycles. The van der Waals surface area contributed by atoms with E-state index in [1.165, 1.54) is 17.6 Å². The van der Waals surface area contributed by atoms with Crippen molar-refractivity contribution in [3.63, 3.8) is 0 Å². The summed E-state index contributed by atoms with van der Waals surface area (Å²) in [7, 11) is 0. The fraction of sp³-hybridized carbons (Fsp3) is 0.586. The number of ketones is 2. The lowest BCUT2D eigenvalue weighted by Gasteiger charge is -2.49.